The topological polar surface area (TPSA) is 52.6 Å². The number of allylic oxidation sites excluding steroid dienone is 3. The fraction of sp³-hybridized carbons (Fsp3) is 0.667. The minimum absolute atomic E-state index is 0.0381. The first-order valence-electron chi connectivity index (χ1n) is 8.75. The highest BCUT2D eigenvalue weighted by molar-refractivity contribution is 6.71. The largest absolute Gasteiger partial charge is 0.520 e. The zero-order valence-electron chi connectivity index (χ0n) is 16.0. The molecule has 0 bridgehead atoms. The van der Waals surface area contributed by atoms with Gasteiger partial charge in [-0.15, -0.1) is 0 Å². The maximum Gasteiger partial charge on any atom is 0.292 e. The summed E-state index contributed by atoms with van der Waals surface area (Å²) in [4.78, 5) is 23.6. The maximum atomic E-state index is 12.0. The molecule has 1 rings (SSSR count). The van der Waals surface area contributed by atoms with Crippen molar-refractivity contribution in [2.45, 2.75) is 77.5 Å². The SMILES string of the molecule is C[Si](C)(C)OC(=O)CCC/C=C\CC1=CC(O[Si](C)(C)C)CC1=O. The lowest BCUT2D eigenvalue weighted by atomic mass is 10.1. The summed E-state index contributed by atoms with van der Waals surface area (Å²) in [5.41, 5.74) is 0.854. The molecule has 24 heavy (non-hydrogen) atoms. The van der Waals surface area contributed by atoms with Crippen molar-refractivity contribution in [3.05, 3.63) is 23.8 Å². The molecule has 0 saturated heterocycles. The van der Waals surface area contributed by atoms with Crippen molar-refractivity contribution < 1.29 is 18.4 Å². The Hall–Kier alpha value is -0.986. The molecule has 6 heteroatoms. The molecule has 1 unspecified atom stereocenters. The molecule has 0 heterocycles. The third kappa shape index (κ3) is 9.34. The zero-order valence-corrected chi connectivity index (χ0v) is 18.0. The van der Waals surface area contributed by atoms with Crippen molar-refractivity contribution in [2.75, 3.05) is 0 Å². The highest BCUT2D eigenvalue weighted by Crippen LogP contribution is 2.23. The number of hydrogen-bond acceptors (Lipinski definition) is 4. The third-order valence-corrected chi connectivity index (χ3v) is 5.16. The van der Waals surface area contributed by atoms with Crippen molar-refractivity contribution in [1.82, 2.24) is 0 Å². The van der Waals surface area contributed by atoms with E-state index in [0.29, 0.717) is 19.3 Å². The number of ketones is 1. The molecule has 0 amide bonds. The molecule has 0 saturated carbocycles. The van der Waals surface area contributed by atoms with Crippen LogP contribution in [0.5, 0.6) is 0 Å². The molecule has 0 aromatic rings. The van der Waals surface area contributed by atoms with E-state index in [9.17, 15) is 9.59 Å². The van der Waals surface area contributed by atoms with Crippen LogP contribution in [0.3, 0.4) is 0 Å². The summed E-state index contributed by atoms with van der Waals surface area (Å²) in [5.74, 6) is 0.101. The lowest BCUT2D eigenvalue weighted by Gasteiger charge is -2.21. The Bertz CT molecular complexity index is 510. The van der Waals surface area contributed by atoms with E-state index in [-0.39, 0.29) is 17.9 Å². The molecule has 0 aromatic heterocycles. The molecule has 1 aliphatic carbocycles. The van der Waals surface area contributed by atoms with Gasteiger partial charge in [0, 0.05) is 12.8 Å². The quantitative estimate of drug-likeness (QED) is 0.339. The average molecular weight is 369 g/mol. The Morgan fingerprint density at radius 3 is 2.42 bits per heavy atom. The van der Waals surface area contributed by atoms with Crippen molar-refractivity contribution in [3.63, 3.8) is 0 Å². The van der Waals surface area contributed by atoms with E-state index in [0.717, 1.165) is 18.4 Å². The molecule has 0 aliphatic heterocycles. The van der Waals surface area contributed by atoms with Crippen molar-refractivity contribution in [2.24, 2.45) is 0 Å². The van der Waals surface area contributed by atoms with Gasteiger partial charge in [0.2, 0.25) is 8.32 Å². The van der Waals surface area contributed by atoms with E-state index < -0.39 is 16.6 Å². The monoisotopic (exact) mass is 368 g/mol. The Balaban J connectivity index is 2.28. The maximum absolute atomic E-state index is 12.0. The van der Waals surface area contributed by atoms with Gasteiger partial charge >= 0.3 is 0 Å². The summed E-state index contributed by atoms with van der Waals surface area (Å²) in [6, 6.07) is 0. The van der Waals surface area contributed by atoms with Gasteiger partial charge < -0.3 is 8.85 Å². The summed E-state index contributed by atoms with van der Waals surface area (Å²) >= 11 is 0. The van der Waals surface area contributed by atoms with Crippen molar-refractivity contribution >= 4 is 28.4 Å². The molecule has 1 atom stereocenters. The van der Waals surface area contributed by atoms with Crippen molar-refractivity contribution in [1.29, 1.82) is 0 Å². The number of rotatable bonds is 9. The lowest BCUT2D eigenvalue weighted by molar-refractivity contribution is -0.135. The van der Waals surface area contributed by atoms with Gasteiger partial charge in [0.1, 0.15) is 0 Å². The standard InChI is InChI=1S/C18H32O4Si2/c1-23(2,3)21-16-13-15(17(19)14-16)11-9-7-8-10-12-18(20)22-24(4,5)6/h7,9,13,16H,8,10-12,14H2,1-6H3/b9-7-. The van der Waals surface area contributed by atoms with Crippen LogP contribution in [0.15, 0.2) is 23.8 Å². The van der Waals surface area contributed by atoms with E-state index in [2.05, 4.69) is 19.6 Å². The molecule has 0 aromatic carbocycles. The minimum Gasteiger partial charge on any atom is -0.520 e. The average Bonchev–Trinajstić information content (AvgIpc) is 2.69. The van der Waals surface area contributed by atoms with Gasteiger partial charge in [-0.05, 0) is 70.2 Å². The smallest absolute Gasteiger partial charge is 0.292 e. The fourth-order valence-corrected chi connectivity index (χ4v) is 4.33. The predicted octanol–water partition coefficient (Wildman–Crippen LogP) is 4.60. The zero-order chi connectivity index (χ0) is 18.4. The molecule has 0 fully saturated rings. The second-order valence-corrected chi connectivity index (χ2v) is 17.1. The summed E-state index contributed by atoms with van der Waals surface area (Å²) < 4.78 is 11.4. The van der Waals surface area contributed by atoms with Gasteiger partial charge in [0.15, 0.2) is 14.1 Å². The second kappa shape index (κ2) is 8.92. The van der Waals surface area contributed by atoms with Crippen molar-refractivity contribution in [3.8, 4) is 0 Å². The van der Waals surface area contributed by atoms with E-state index in [1.165, 1.54) is 0 Å². The number of unbranched alkanes of at least 4 members (excludes halogenated alkanes) is 1. The van der Waals surface area contributed by atoms with Gasteiger partial charge in [-0.3, -0.25) is 9.59 Å². The van der Waals surface area contributed by atoms with Gasteiger partial charge in [0.05, 0.1) is 6.10 Å². The van der Waals surface area contributed by atoms with Gasteiger partial charge in [-0.2, -0.15) is 0 Å². The minimum atomic E-state index is -1.77. The van der Waals surface area contributed by atoms with Crippen LogP contribution in [0.4, 0.5) is 0 Å². The van der Waals surface area contributed by atoms with Crippen LogP contribution in [0.1, 0.15) is 32.1 Å². The predicted molar refractivity (Wildman–Crippen MR) is 103 cm³/mol. The highest BCUT2D eigenvalue weighted by atomic mass is 28.4. The van der Waals surface area contributed by atoms with Crippen LogP contribution >= 0.6 is 0 Å². The molecule has 1 aliphatic rings. The first kappa shape index (κ1) is 21.1. The van der Waals surface area contributed by atoms with Gasteiger partial charge in [0.25, 0.3) is 5.97 Å². The first-order chi connectivity index (χ1) is 11.0. The van der Waals surface area contributed by atoms with E-state index >= 15 is 0 Å². The third-order valence-electron chi connectivity index (χ3n) is 3.31. The van der Waals surface area contributed by atoms with Crippen LogP contribution in [0.25, 0.3) is 0 Å². The highest BCUT2D eigenvalue weighted by Gasteiger charge is 2.28. The molecular formula is C18H32O4Si2. The van der Waals surface area contributed by atoms with Gasteiger partial charge in [-0.1, -0.05) is 12.2 Å². The number of carbonyl (C=O) groups excluding carboxylic acids is 2. The Morgan fingerprint density at radius 2 is 1.83 bits per heavy atom. The van der Waals surface area contributed by atoms with E-state index in [1.54, 1.807) is 0 Å². The Labute approximate surface area is 148 Å². The number of carbonyl (C=O) groups is 2. The van der Waals surface area contributed by atoms with Crippen LogP contribution in [0.2, 0.25) is 39.3 Å². The lowest BCUT2D eigenvalue weighted by Crippen LogP contribution is -2.30. The van der Waals surface area contributed by atoms with Crippen LogP contribution in [-0.4, -0.2) is 34.5 Å². The molecule has 0 N–H and O–H groups in total. The normalized spacial score (nSPS) is 19.0. The second-order valence-electron chi connectivity index (χ2n) is 8.24. The number of Topliss-reactive ketones (excluding diaryl/α,β-unsaturated/α-hetero) is 1. The summed E-state index contributed by atoms with van der Waals surface area (Å²) in [5, 5.41) is 0. The van der Waals surface area contributed by atoms with E-state index in [1.807, 2.05) is 37.9 Å². The van der Waals surface area contributed by atoms with Crippen LogP contribution in [-0.2, 0) is 18.4 Å². The summed E-state index contributed by atoms with van der Waals surface area (Å²) in [6.45, 7) is 12.4. The fourth-order valence-electron chi connectivity index (χ4n) is 2.49. The molecule has 4 nitrogen and oxygen atoms in total. The van der Waals surface area contributed by atoms with Gasteiger partial charge in [-0.25, -0.2) is 0 Å². The molecule has 136 valence electrons. The van der Waals surface area contributed by atoms with E-state index in [4.69, 9.17) is 8.85 Å². The van der Waals surface area contributed by atoms with Crippen LogP contribution < -0.4 is 0 Å². The number of hydrogen-bond donors (Lipinski definition) is 0. The Morgan fingerprint density at radius 1 is 1.17 bits per heavy atom. The summed E-state index contributed by atoms with van der Waals surface area (Å²) in [6.07, 6.45) is 9.22. The Kier molecular flexibility index (Phi) is 7.83. The van der Waals surface area contributed by atoms with Crippen LogP contribution in [0, 0.1) is 0 Å². The molecule has 0 spiro atoms. The molecule has 0 radical (unpaired) electrons. The first-order valence-corrected chi connectivity index (χ1v) is 15.6. The molecular weight excluding hydrogens is 336 g/mol. The summed E-state index contributed by atoms with van der Waals surface area (Å²) in [7, 11) is -3.38.